The summed E-state index contributed by atoms with van der Waals surface area (Å²) >= 11 is 0. The zero-order chi connectivity index (χ0) is 54.8. The molecule has 0 saturated heterocycles. The standard InChI is InChI=1S/C66H129NO8/c1-6-8-10-12-14-16-18-20-22-24-26-28-29-30-31-32-33-34-35-36-37-39-41-43-45-47-49-51-53-55-57-64(69)75-62(61-74-66(65(70)71)72-59-58-67(3,4)5)60-73-63(68)56-54-52-50-48-46-44-42-40-38-27-25-23-21-19-17-15-13-11-9-7-2/h62,66H,6-61H2,1-5H3/p+1. The summed E-state index contributed by atoms with van der Waals surface area (Å²) in [5, 5.41) is 9.73. The average molecular weight is 1070 g/mol. The van der Waals surface area contributed by atoms with Crippen molar-refractivity contribution in [1.29, 1.82) is 0 Å². The highest BCUT2D eigenvalue weighted by Crippen LogP contribution is 2.19. The zero-order valence-corrected chi connectivity index (χ0v) is 51.0. The molecular weight excluding hydrogens is 935 g/mol. The van der Waals surface area contributed by atoms with Crippen molar-refractivity contribution in [3.63, 3.8) is 0 Å². The number of rotatable bonds is 63. The molecule has 446 valence electrons. The van der Waals surface area contributed by atoms with E-state index in [1.54, 1.807) is 0 Å². The van der Waals surface area contributed by atoms with Crippen LogP contribution < -0.4 is 0 Å². The van der Waals surface area contributed by atoms with E-state index in [4.69, 9.17) is 18.9 Å². The van der Waals surface area contributed by atoms with E-state index in [9.17, 15) is 19.5 Å². The van der Waals surface area contributed by atoms with Gasteiger partial charge in [0.2, 0.25) is 0 Å². The summed E-state index contributed by atoms with van der Waals surface area (Å²) in [6.07, 6.45) is 65.0. The molecule has 0 amide bonds. The molecule has 0 aromatic carbocycles. The maximum absolute atomic E-state index is 12.9. The first kappa shape index (κ1) is 73.3. The molecule has 0 bridgehead atoms. The van der Waals surface area contributed by atoms with Crippen LogP contribution in [0, 0.1) is 0 Å². The lowest BCUT2D eigenvalue weighted by atomic mass is 10.0. The summed E-state index contributed by atoms with van der Waals surface area (Å²) in [5.41, 5.74) is 0. The van der Waals surface area contributed by atoms with Gasteiger partial charge in [-0.1, -0.05) is 322 Å². The minimum atomic E-state index is -1.50. The van der Waals surface area contributed by atoms with Crippen molar-refractivity contribution in [2.45, 2.75) is 360 Å². The molecule has 75 heavy (non-hydrogen) atoms. The van der Waals surface area contributed by atoms with E-state index in [2.05, 4.69) is 13.8 Å². The topological polar surface area (TPSA) is 108 Å². The first-order chi connectivity index (χ1) is 36.6. The van der Waals surface area contributed by atoms with Gasteiger partial charge in [-0.05, 0) is 12.8 Å². The number of ether oxygens (including phenoxy) is 4. The van der Waals surface area contributed by atoms with E-state index in [1.165, 1.54) is 283 Å². The van der Waals surface area contributed by atoms with Crippen LogP contribution in [0.1, 0.15) is 348 Å². The Labute approximate surface area is 466 Å². The van der Waals surface area contributed by atoms with Gasteiger partial charge < -0.3 is 28.5 Å². The fraction of sp³-hybridized carbons (Fsp3) is 0.955. The second-order valence-electron chi connectivity index (χ2n) is 24.2. The molecule has 0 saturated carbocycles. The molecule has 0 rings (SSSR count). The normalized spacial score (nSPS) is 12.6. The Morgan fingerprint density at radius 2 is 0.600 bits per heavy atom. The van der Waals surface area contributed by atoms with Crippen molar-refractivity contribution in [1.82, 2.24) is 0 Å². The van der Waals surface area contributed by atoms with Gasteiger partial charge in [0.25, 0.3) is 6.29 Å². The number of carboxylic acid groups (broad SMARTS) is 1. The summed E-state index contributed by atoms with van der Waals surface area (Å²) in [6, 6.07) is 0. The maximum Gasteiger partial charge on any atom is 0.361 e. The number of aliphatic carboxylic acids is 1. The number of carboxylic acids is 1. The van der Waals surface area contributed by atoms with E-state index in [0.717, 1.165) is 38.5 Å². The Bertz CT molecular complexity index is 1190. The van der Waals surface area contributed by atoms with Crippen LogP contribution in [0.4, 0.5) is 0 Å². The summed E-state index contributed by atoms with van der Waals surface area (Å²) in [7, 11) is 5.99. The lowest BCUT2D eigenvalue weighted by Gasteiger charge is -2.25. The zero-order valence-electron chi connectivity index (χ0n) is 51.0. The lowest BCUT2D eigenvalue weighted by Crippen LogP contribution is -2.40. The van der Waals surface area contributed by atoms with Gasteiger partial charge in [0.05, 0.1) is 34.4 Å². The number of esters is 2. The first-order valence-corrected chi connectivity index (χ1v) is 33.2. The molecule has 9 nitrogen and oxygen atoms in total. The molecule has 0 aliphatic carbocycles. The Morgan fingerprint density at radius 3 is 0.853 bits per heavy atom. The lowest BCUT2D eigenvalue weighted by molar-refractivity contribution is -0.870. The quantitative estimate of drug-likeness (QED) is 0.0278. The average Bonchev–Trinajstić information content (AvgIpc) is 3.38. The van der Waals surface area contributed by atoms with Crippen molar-refractivity contribution in [2.24, 2.45) is 0 Å². The van der Waals surface area contributed by atoms with E-state index in [1.807, 2.05) is 21.1 Å². The van der Waals surface area contributed by atoms with E-state index < -0.39 is 18.4 Å². The number of nitrogens with zero attached hydrogens (tertiary/aromatic N) is 1. The molecule has 0 aliphatic rings. The molecular formula is C66H130NO8+. The molecule has 0 fully saturated rings. The van der Waals surface area contributed by atoms with Crippen LogP contribution in [-0.4, -0.2) is 87.4 Å². The van der Waals surface area contributed by atoms with Crippen molar-refractivity contribution < 1.29 is 42.9 Å². The van der Waals surface area contributed by atoms with Gasteiger partial charge in [0.15, 0.2) is 6.10 Å². The van der Waals surface area contributed by atoms with Crippen molar-refractivity contribution in [3.8, 4) is 0 Å². The number of hydrogen-bond donors (Lipinski definition) is 1. The smallest absolute Gasteiger partial charge is 0.361 e. The SMILES string of the molecule is CCCCCCCCCCCCCCCCCCCCCCCCCCCCCCCCC(=O)OC(COC(=O)CCCCCCCCCCCCCCCCCCCCCC)COC(OCC[N+](C)(C)C)C(=O)O. The molecule has 0 aromatic heterocycles. The number of unbranched alkanes of at least 4 members (excludes halogenated alkanes) is 48. The number of carbonyl (C=O) groups excluding carboxylic acids is 2. The summed E-state index contributed by atoms with van der Waals surface area (Å²) in [5.74, 6) is -1.97. The first-order valence-electron chi connectivity index (χ1n) is 33.2. The third-order valence-electron chi connectivity index (χ3n) is 15.4. The van der Waals surface area contributed by atoms with Crippen LogP contribution in [0.25, 0.3) is 0 Å². The van der Waals surface area contributed by atoms with Crippen LogP contribution in [0.3, 0.4) is 0 Å². The summed E-state index contributed by atoms with van der Waals surface area (Å²) < 4.78 is 23.0. The number of quaternary nitrogens is 1. The van der Waals surface area contributed by atoms with Gasteiger partial charge in [-0.2, -0.15) is 0 Å². The molecule has 2 unspecified atom stereocenters. The second-order valence-corrected chi connectivity index (χ2v) is 24.2. The molecule has 1 N–H and O–H groups in total. The predicted octanol–water partition coefficient (Wildman–Crippen LogP) is 19.9. The summed E-state index contributed by atoms with van der Waals surface area (Å²) in [6.45, 7) is 4.96. The Hall–Kier alpha value is -1.71. The Morgan fingerprint density at radius 1 is 0.347 bits per heavy atom. The van der Waals surface area contributed by atoms with Gasteiger partial charge in [-0.15, -0.1) is 0 Å². The van der Waals surface area contributed by atoms with Crippen LogP contribution in [0.2, 0.25) is 0 Å². The fourth-order valence-corrected chi connectivity index (χ4v) is 10.3. The number of likely N-dealkylation sites (N-methyl/N-ethyl adjacent to an activating group) is 1. The highest BCUT2D eigenvalue weighted by Gasteiger charge is 2.25. The molecule has 0 spiro atoms. The van der Waals surface area contributed by atoms with Crippen LogP contribution in [-0.2, 0) is 33.3 Å². The largest absolute Gasteiger partial charge is 0.477 e. The Kier molecular flexibility index (Phi) is 57.1. The minimum absolute atomic E-state index is 0.172. The van der Waals surface area contributed by atoms with E-state index in [0.29, 0.717) is 17.4 Å². The minimum Gasteiger partial charge on any atom is -0.477 e. The van der Waals surface area contributed by atoms with Gasteiger partial charge >= 0.3 is 17.9 Å². The third kappa shape index (κ3) is 59.8. The highest BCUT2D eigenvalue weighted by molar-refractivity contribution is 5.71. The van der Waals surface area contributed by atoms with Crippen molar-refractivity contribution in [2.75, 3.05) is 47.5 Å². The Balaban J connectivity index is 4.06. The fourth-order valence-electron chi connectivity index (χ4n) is 10.3. The summed E-state index contributed by atoms with van der Waals surface area (Å²) in [4.78, 5) is 37.5. The van der Waals surface area contributed by atoms with Gasteiger partial charge in [0.1, 0.15) is 13.2 Å². The van der Waals surface area contributed by atoms with Gasteiger partial charge in [-0.25, -0.2) is 4.79 Å². The number of hydrogen-bond acceptors (Lipinski definition) is 7. The maximum atomic E-state index is 12.9. The molecule has 0 radical (unpaired) electrons. The van der Waals surface area contributed by atoms with Gasteiger partial charge in [0, 0.05) is 12.8 Å². The van der Waals surface area contributed by atoms with E-state index in [-0.39, 0.29) is 38.2 Å². The molecule has 9 heteroatoms. The molecule has 0 aromatic rings. The third-order valence-corrected chi connectivity index (χ3v) is 15.4. The molecule has 0 aliphatic heterocycles. The molecule has 2 atom stereocenters. The highest BCUT2D eigenvalue weighted by atomic mass is 16.7. The van der Waals surface area contributed by atoms with Crippen LogP contribution in [0.5, 0.6) is 0 Å². The molecule has 0 heterocycles. The second kappa shape index (κ2) is 58.4. The van der Waals surface area contributed by atoms with Gasteiger partial charge in [-0.3, -0.25) is 9.59 Å². The van der Waals surface area contributed by atoms with Crippen molar-refractivity contribution >= 4 is 17.9 Å². The number of carbonyl (C=O) groups is 3. The monoisotopic (exact) mass is 1060 g/mol. The van der Waals surface area contributed by atoms with Crippen molar-refractivity contribution in [3.05, 3.63) is 0 Å². The van der Waals surface area contributed by atoms with Crippen LogP contribution in [0.15, 0.2) is 0 Å². The predicted molar refractivity (Wildman–Crippen MR) is 318 cm³/mol. The van der Waals surface area contributed by atoms with E-state index >= 15 is 0 Å². The van der Waals surface area contributed by atoms with Crippen LogP contribution >= 0.6 is 0 Å².